The normalized spacial score (nSPS) is 14.3. The second-order valence-electron chi connectivity index (χ2n) is 5.37. The molecule has 6 nitrogen and oxygen atoms in total. The fourth-order valence-electron chi connectivity index (χ4n) is 2.06. The molecule has 0 amide bonds. The number of nitro benzene ring substituents is 1. The number of hydrogen-bond donors (Lipinski definition) is 2. The highest BCUT2D eigenvalue weighted by molar-refractivity contribution is 6.30. The van der Waals surface area contributed by atoms with Crippen LogP contribution < -0.4 is 5.32 Å². The average molecular weight is 302 g/mol. The Balaban J connectivity index is 2.64. The maximum Gasteiger partial charge on any atom is 0.275 e. The summed E-state index contributed by atoms with van der Waals surface area (Å²) < 4.78 is 0. The van der Waals surface area contributed by atoms with Gasteiger partial charge in [0.05, 0.1) is 10.5 Å². The first-order valence-corrected chi connectivity index (χ1v) is 6.60. The third kappa shape index (κ3) is 5.42. The molecule has 1 aromatic carbocycles. The highest BCUT2D eigenvalue weighted by Gasteiger charge is 2.21. The van der Waals surface area contributed by atoms with Crippen LogP contribution in [0.4, 0.5) is 5.69 Å². The highest BCUT2D eigenvalue weighted by Crippen LogP contribution is 2.23. The quantitative estimate of drug-likeness (QED) is 0.591. The maximum atomic E-state index is 10.9. The predicted octanol–water partition coefficient (Wildman–Crippen LogP) is 1.65. The number of hydrogen-bond acceptors (Lipinski definition) is 5. The van der Waals surface area contributed by atoms with Crippen LogP contribution in [0.15, 0.2) is 18.2 Å². The summed E-state index contributed by atoms with van der Waals surface area (Å²) in [4.78, 5) is 12.4. The molecule has 0 saturated carbocycles. The van der Waals surface area contributed by atoms with Crippen molar-refractivity contribution in [3.05, 3.63) is 38.9 Å². The lowest BCUT2D eigenvalue weighted by molar-refractivity contribution is -0.385. The van der Waals surface area contributed by atoms with Crippen molar-refractivity contribution in [2.45, 2.75) is 19.1 Å². The van der Waals surface area contributed by atoms with Crippen LogP contribution in [-0.4, -0.2) is 47.7 Å². The van der Waals surface area contributed by atoms with E-state index in [4.69, 9.17) is 11.6 Å². The lowest BCUT2D eigenvalue weighted by atomic mass is 10.1. The molecule has 0 aliphatic carbocycles. The SMILES string of the molecule is CN(C)CC(C)(O)CNCc1ccc(Cl)cc1[N+](=O)[O-]. The molecule has 0 spiro atoms. The summed E-state index contributed by atoms with van der Waals surface area (Å²) in [5.74, 6) is 0. The van der Waals surface area contributed by atoms with Crippen molar-refractivity contribution in [2.75, 3.05) is 27.2 Å². The molecule has 0 radical (unpaired) electrons. The van der Waals surface area contributed by atoms with E-state index in [2.05, 4.69) is 5.32 Å². The summed E-state index contributed by atoms with van der Waals surface area (Å²) in [7, 11) is 3.75. The molecule has 20 heavy (non-hydrogen) atoms. The number of likely N-dealkylation sites (N-methyl/N-ethyl adjacent to an activating group) is 1. The van der Waals surface area contributed by atoms with E-state index in [0.29, 0.717) is 30.2 Å². The minimum atomic E-state index is -0.898. The van der Waals surface area contributed by atoms with Crippen molar-refractivity contribution in [3.8, 4) is 0 Å². The van der Waals surface area contributed by atoms with Gasteiger partial charge in [0.15, 0.2) is 0 Å². The topological polar surface area (TPSA) is 78.6 Å². The number of nitrogens with one attached hydrogen (secondary N) is 1. The molecule has 0 fully saturated rings. The summed E-state index contributed by atoms with van der Waals surface area (Å²) in [6, 6.07) is 4.56. The smallest absolute Gasteiger partial charge is 0.275 e. The van der Waals surface area contributed by atoms with E-state index in [1.807, 2.05) is 19.0 Å². The second-order valence-corrected chi connectivity index (χ2v) is 5.80. The Kier molecular flexibility index (Phi) is 5.88. The molecule has 1 atom stereocenters. The highest BCUT2D eigenvalue weighted by atomic mass is 35.5. The first-order valence-electron chi connectivity index (χ1n) is 6.22. The molecule has 0 aliphatic rings. The fourth-order valence-corrected chi connectivity index (χ4v) is 2.23. The van der Waals surface area contributed by atoms with Gasteiger partial charge >= 0.3 is 0 Å². The van der Waals surface area contributed by atoms with Gasteiger partial charge in [0.25, 0.3) is 5.69 Å². The Morgan fingerprint density at radius 2 is 2.15 bits per heavy atom. The average Bonchev–Trinajstić information content (AvgIpc) is 2.28. The minimum Gasteiger partial charge on any atom is -0.388 e. The Hall–Kier alpha value is -1.21. The molecule has 0 bridgehead atoms. The monoisotopic (exact) mass is 301 g/mol. The summed E-state index contributed by atoms with van der Waals surface area (Å²) in [5, 5.41) is 24.4. The van der Waals surface area contributed by atoms with E-state index >= 15 is 0 Å². The molecule has 112 valence electrons. The Bertz CT molecular complexity index is 478. The number of nitrogens with zero attached hydrogens (tertiary/aromatic N) is 2. The molecule has 1 unspecified atom stereocenters. The van der Waals surface area contributed by atoms with Gasteiger partial charge in [-0.25, -0.2) is 0 Å². The summed E-state index contributed by atoms with van der Waals surface area (Å²) in [6.07, 6.45) is 0. The van der Waals surface area contributed by atoms with E-state index in [-0.39, 0.29) is 5.69 Å². The third-order valence-corrected chi connectivity index (χ3v) is 2.96. The largest absolute Gasteiger partial charge is 0.388 e. The maximum absolute atomic E-state index is 10.9. The Labute approximate surface area is 123 Å². The van der Waals surface area contributed by atoms with Gasteiger partial charge in [0.1, 0.15) is 0 Å². The number of benzene rings is 1. The van der Waals surface area contributed by atoms with Crippen molar-refractivity contribution in [2.24, 2.45) is 0 Å². The van der Waals surface area contributed by atoms with E-state index in [1.54, 1.807) is 19.1 Å². The van der Waals surface area contributed by atoms with Crippen molar-refractivity contribution in [3.63, 3.8) is 0 Å². The molecular formula is C13H20ClN3O3. The predicted molar refractivity (Wildman–Crippen MR) is 79.0 cm³/mol. The van der Waals surface area contributed by atoms with Crippen molar-refractivity contribution in [1.29, 1.82) is 0 Å². The number of rotatable bonds is 7. The molecule has 2 N–H and O–H groups in total. The summed E-state index contributed by atoms with van der Waals surface area (Å²) >= 11 is 5.75. The van der Waals surface area contributed by atoms with Gasteiger partial charge in [0.2, 0.25) is 0 Å². The third-order valence-electron chi connectivity index (χ3n) is 2.72. The van der Waals surface area contributed by atoms with E-state index in [1.165, 1.54) is 6.07 Å². The van der Waals surface area contributed by atoms with Crippen LogP contribution in [0, 0.1) is 10.1 Å². The Morgan fingerprint density at radius 3 is 2.70 bits per heavy atom. The van der Waals surface area contributed by atoms with Crippen molar-refractivity contribution < 1.29 is 10.0 Å². The second kappa shape index (κ2) is 6.99. The molecular weight excluding hydrogens is 282 g/mol. The van der Waals surface area contributed by atoms with Crippen LogP contribution in [0.2, 0.25) is 5.02 Å². The van der Waals surface area contributed by atoms with Gasteiger partial charge in [-0.05, 0) is 33.2 Å². The van der Waals surface area contributed by atoms with Gasteiger partial charge in [-0.2, -0.15) is 0 Å². The summed E-state index contributed by atoms with van der Waals surface area (Å²) in [6.45, 7) is 2.86. The van der Waals surface area contributed by atoms with Gasteiger partial charge in [0, 0.05) is 36.3 Å². The summed E-state index contributed by atoms with van der Waals surface area (Å²) in [5.41, 5.74) is -0.373. The van der Waals surface area contributed by atoms with Gasteiger partial charge in [-0.3, -0.25) is 10.1 Å². The van der Waals surface area contributed by atoms with Gasteiger partial charge < -0.3 is 15.3 Å². The lowest BCUT2D eigenvalue weighted by Gasteiger charge is -2.27. The van der Waals surface area contributed by atoms with Crippen LogP contribution in [0.25, 0.3) is 0 Å². The standard InChI is InChI=1S/C13H20ClN3O3/c1-13(18,9-16(2)3)8-15-7-10-4-5-11(14)6-12(10)17(19)20/h4-6,15,18H,7-9H2,1-3H3. The van der Waals surface area contributed by atoms with Crippen LogP contribution in [0.3, 0.4) is 0 Å². The Morgan fingerprint density at radius 1 is 1.50 bits per heavy atom. The van der Waals surface area contributed by atoms with E-state index in [9.17, 15) is 15.2 Å². The molecule has 0 saturated heterocycles. The fraction of sp³-hybridized carbons (Fsp3) is 0.538. The van der Waals surface area contributed by atoms with E-state index < -0.39 is 10.5 Å². The molecule has 0 aromatic heterocycles. The van der Waals surface area contributed by atoms with Gasteiger partial charge in [-0.1, -0.05) is 11.6 Å². The zero-order chi connectivity index (χ0) is 15.3. The first-order chi connectivity index (χ1) is 9.21. The molecule has 0 heterocycles. The molecule has 1 aromatic rings. The molecule has 7 heteroatoms. The molecule has 1 rings (SSSR count). The van der Waals surface area contributed by atoms with Gasteiger partial charge in [-0.15, -0.1) is 0 Å². The number of nitro groups is 1. The minimum absolute atomic E-state index is 0.0164. The van der Waals surface area contributed by atoms with Crippen LogP contribution in [0.1, 0.15) is 12.5 Å². The number of halogens is 1. The van der Waals surface area contributed by atoms with Crippen LogP contribution >= 0.6 is 11.6 Å². The zero-order valence-corrected chi connectivity index (χ0v) is 12.6. The lowest BCUT2D eigenvalue weighted by Crippen LogP contribution is -2.45. The van der Waals surface area contributed by atoms with Crippen molar-refractivity contribution in [1.82, 2.24) is 10.2 Å². The van der Waals surface area contributed by atoms with Crippen molar-refractivity contribution >= 4 is 17.3 Å². The van der Waals surface area contributed by atoms with E-state index in [0.717, 1.165) is 0 Å². The zero-order valence-electron chi connectivity index (χ0n) is 11.9. The molecule has 0 aliphatic heterocycles. The first kappa shape index (κ1) is 16.8. The van der Waals surface area contributed by atoms with Crippen LogP contribution in [0.5, 0.6) is 0 Å². The van der Waals surface area contributed by atoms with Crippen LogP contribution in [-0.2, 0) is 6.54 Å². The number of aliphatic hydroxyl groups is 1.